The standard InChI is InChI=1S/C19H20N2O5S/c1-13(18(20)22)26-19(23)15-7-4-9-16(12-15)27(24,25)21-11-5-8-14-6-2-3-10-17(14)21/h2-4,6-7,9-10,12-13H,5,8,11H2,1H3,(H2,20,22)/t13-/m0/s1. The van der Waals surface area contributed by atoms with Crippen molar-refractivity contribution >= 4 is 27.6 Å². The van der Waals surface area contributed by atoms with E-state index in [1.807, 2.05) is 12.1 Å². The molecular weight excluding hydrogens is 368 g/mol. The van der Waals surface area contributed by atoms with E-state index in [1.165, 1.54) is 35.5 Å². The minimum Gasteiger partial charge on any atom is -0.449 e. The first kappa shape index (κ1) is 18.9. The molecule has 1 aliphatic rings. The summed E-state index contributed by atoms with van der Waals surface area (Å²) in [7, 11) is -3.84. The fraction of sp³-hybridized carbons (Fsp3) is 0.263. The molecule has 0 unspecified atom stereocenters. The van der Waals surface area contributed by atoms with Crippen LogP contribution in [0.4, 0.5) is 5.69 Å². The molecule has 0 bridgehead atoms. The predicted molar refractivity (Wildman–Crippen MR) is 99.8 cm³/mol. The van der Waals surface area contributed by atoms with Crippen LogP contribution in [-0.2, 0) is 26.0 Å². The Morgan fingerprint density at radius 2 is 1.89 bits per heavy atom. The van der Waals surface area contributed by atoms with Crippen molar-refractivity contribution in [1.82, 2.24) is 0 Å². The third-order valence-corrected chi connectivity index (χ3v) is 6.22. The van der Waals surface area contributed by atoms with Crippen LogP contribution in [0.2, 0.25) is 0 Å². The molecule has 27 heavy (non-hydrogen) atoms. The lowest BCUT2D eigenvalue weighted by molar-refractivity contribution is -0.125. The molecule has 1 amide bonds. The summed E-state index contributed by atoms with van der Waals surface area (Å²) in [6.45, 7) is 1.72. The SMILES string of the molecule is C[C@H](OC(=O)c1cccc(S(=O)(=O)N2CCCc3ccccc32)c1)C(N)=O. The molecular formula is C19H20N2O5S. The van der Waals surface area contributed by atoms with E-state index in [1.54, 1.807) is 12.1 Å². The van der Waals surface area contributed by atoms with Crippen LogP contribution in [-0.4, -0.2) is 32.9 Å². The van der Waals surface area contributed by atoms with E-state index in [-0.39, 0.29) is 10.5 Å². The zero-order valence-electron chi connectivity index (χ0n) is 14.8. The van der Waals surface area contributed by atoms with Crippen LogP contribution in [0.15, 0.2) is 53.4 Å². The molecule has 2 aromatic rings. The number of carbonyl (C=O) groups is 2. The molecule has 0 radical (unpaired) electrons. The van der Waals surface area contributed by atoms with Gasteiger partial charge in [-0.3, -0.25) is 9.10 Å². The van der Waals surface area contributed by atoms with E-state index < -0.39 is 28.0 Å². The molecule has 1 aliphatic heterocycles. The number of para-hydroxylation sites is 1. The number of sulfonamides is 1. The molecule has 7 nitrogen and oxygen atoms in total. The molecule has 8 heteroatoms. The number of benzene rings is 2. The highest BCUT2D eigenvalue weighted by atomic mass is 32.2. The fourth-order valence-corrected chi connectivity index (χ4v) is 4.53. The van der Waals surface area contributed by atoms with Gasteiger partial charge in [0.05, 0.1) is 16.1 Å². The molecule has 2 aromatic carbocycles. The largest absolute Gasteiger partial charge is 0.449 e. The number of esters is 1. The summed E-state index contributed by atoms with van der Waals surface area (Å²) in [5, 5.41) is 0. The van der Waals surface area contributed by atoms with Gasteiger partial charge in [0.1, 0.15) is 0 Å². The molecule has 0 aliphatic carbocycles. The van der Waals surface area contributed by atoms with Crippen molar-refractivity contribution in [2.75, 3.05) is 10.8 Å². The minimum atomic E-state index is -3.84. The number of nitrogens with zero attached hydrogens (tertiary/aromatic N) is 1. The number of carbonyl (C=O) groups excluding carboxylic acids is 2. The maximum absolute atomic E-state index is 13.2. The van der Waals surface area contributed by atoms with E-state index in [9.17, 15) is 18.0 Å². The number of ether oxygens (including phenoxy) is 1. The van der Waals surface area contributed by atoms with Gasteiger partial charge in [0.2, 0.25) is 0 Å². The van der Waals surface area contributed by atoms with Crippen molar-refractivity contribution in [2.24, 2.45) is 5.73 Å². The first-order valence-corrected chi connectivity index (χ1v) is 9.95. The number of fused-ring (bicyclic) bond motifs is 1. The molecule has 0 fully saturated rings. The van der Waals surface area contributed by atoms with Gasteiger partial charge < -0.3 is 10.5 Å². The van der Waals surface area contributed by atoms with Crippen molar-refractivity contribution < 1.29 is 22.7 Å². The van der Waals surface area contributed by atoms with Crippen LogP contribution in [0.5, 0.6) is 0 Å². The van der Waals surface area contributed by atoms with Crippen LogP contribution in [0, 0.1) is 0 Å². The van der Waals surface area contributed by atoms with E-state index in [0.29, 0.717) is 18.7 Å². The van der Waals surface area contributed by atoms with E-state index >= 15 is 0 Å². The number of hydrogen-bond donors (Lipinski definition) is 1. The number of rotatable bonds is 5. The number of amides is 1. The third kappa shape index (κ3) is 3.80. The summed E-state index contributed by atoms with van der Waals surface area (Å²) >= 11 is 0. The minimum absolute atomic E-state index is 0.0135. The zero-order valence-corrected chi connectivity index (χ0v) is 15.6. The van der Waals surface area contributed by atoms with E-state index in [0.717, 1.165) is 12.0 Å². The molecule has 0 spiro atoms. The number of anilines is 1. The van der Waals surface area contributed by atoms with Crippen molar-refractivity contribution in [3.63, 3.8) is 0 Å². The Morgan fingerprint density at radius 1 is 1.15 bits per heavy atom. The third-order valence-electron chi connectivity index (χ3n) is 4.41. The Kier molecular flexibility index (Phi) is 5.18. The highest BCUT2D eigenvalue weighted by molar-refractivity contribution is 7.92. The molecule has 1 heterocycles. The molecule has 1 atom stereocenters. The topological polar surface area (TPSA) is 107 Å². The van der Waals surface area contributed by atoms with Crippen molar-refractivity contribution in [3.8, 4) is 0 Å². The summed E-state index contributed by atoms with van der Waals surface area (Å²) in [6.07, 6.45) is 0.431. The lowest BCUT2D eigenvalue weighted by Gasteiger charge is -2.30. The smallest absolute Gasteiger partial charge is 0.338 e. The van der Waals surface area contributed by atoms with Crippen molar-refractivity contribution in [3.05, 3.63) is 59.7 Å². The predicted octanol–water partition coefficient (Wildman–Crippen LogP) is 1.86. The zero-order chi connectivity index (χ0) is 19.6. The summed E-state index contributed by atoms with van der Waals surface area (Å²) < 4.78 is 32.6. The van der Waals surface area contributed by atoms with Crippen molar-refractivity contribution in [1.29, 1.82) is 0 Å². The summed E-state index contributed by atoms with van der Waals surface area (Å²) in [6, 6.07) is 12.9. The summed E-state index contributed by atoms with van der Waals surface area (Å²) in [5.74, 6) is -1.59. The maximum atomic E-state index is 13.2. The van der Waals surface area contributed by atoms with Gasteiger partial charge in [0.15, 0.2) is 6.10 Å². The second kappa shape index (κ2) is 7.40. The first-order chi connectivity index (χ1) is 12.8. The number of hydrogen-bond acceptors (Lipinski definition) is 5. The van der Waals surface area contributed by atoms with Gasteiger partial charge in [-0.2, -0.15) is 0 Å². The van der Waals surface area contributed by atoms with Gasteiger partial charge in [-0.1, -0.05) is 24.3 Å². The second-order valence-electron chi connectivity index (χ2n) is 6.29. The Balaban J connectivity index is 1.93. The molecule has 0 saturated carbocycles. The number of primary amides is 1. The van der Waals surface area contributed by atoms with Gasteiger partial charge in [-0.15, -0.1) is 0 Å². The Morgan fingerprint density at radius 3 is 2.63 bits per heavy atom. The van der Waals surface area contributed by atoms with Crippen LogP contribution < -0.4 is 10.0 Å². The normalized spacial score (nSPS) is 14.9. The van der Waals surface area contributed by atoms with E-state index in [2.05, 4.69) is 0 Å². The molecule has 142 valence electrons. The van der Waals surface area contributed by atoms with Gasteiger partial charge >= 0.3 is 5.97 Å². The monoisotopic (exact) mass is 388 g/mol. The van der Waals surface area contributed by atoms with E-state index in [4.69, 9.17) is 10.5 Å². The van der Waals surface area contributed by atoms with Crippen LogP contribution >= 0.6 is 0 Å². The van der Waals surface area contributed by atoms with Crippen molar-refractivity contribution in [2.45, 2.75) is 30.8 Å². The highest BCUT2D eigenvalue weighted by Gasteiger charge is 2.29. The molecule has 0 saturated heterocycles. The Bertz CT molecular complexity index is 987. The van der Waals surface area contributed by atoms with Gasteiger partial charge in [-0.05, 0) is 49.6 Å². The highest BCUT2D eigenvalue weighted by Crippen LogP contribution is 2.32. The molecule has 3 rings (SSSR count). The average Bonchev–Trinajstić information content (AvgIpc) is 2.67. The van der Waals surface area contributed by atoms with Crippen LogP contribution in [0.25, 0.3) is 0 Å². The lowest BCUT2D eigenvalue weighted by atomic mass is 10.0. The first-order valence-electron chi connectivity index (χ1n) is 8.51. The van der Waals surface area contributed by atoms with Gasteiger partial charge in [0.25, 0.3) is 15.9 Å². The van der Waals surface area contributed by atoms with Crippen LogP contribution in [0.1, 0.15) is 29.3 Å². The van der Waals surface area contributed by atoms with Gasteiger partial charge in [0, 0.05) is 6.54 Å². The summed E-state index contributed by atoms with van der Waals surface area (Å²) in [4.78, 5) is 23.2. The number of aryl methyl sites for hydroxylation is 1. The lowest BCUT2D eigenvalue weighted by Crippen LogP contribution is -2.35. The Hall–Kier alpha value is -2.87. The molecule has 0 aromatic heterocycles. The van der Waals surface area contributed by atoms with Crippen LogP contribution in [0.3, 0.4) is 0 Å². The van der Waals surface area contributed by atoms with Gasteiger partial charge in [-0.25, -0.2) is 13.2 Å². The second-order valence-corrected chi connectivity index (χ2v) is 8.15. The summed E-state index contributed by atoms with van der Waals surface area (Å²) in [5.41, 5.74) is 6.74. The quantitative estimate of drug-likeness (QED) is 0.787. The maximum Gasteiger partial charge on any atom is 0.338 e. The average molecular weight is 388 g/mol. The number of nitrogens with two attached hydrogens (primary N) is 1. The Labute approximate surface area is 157 Å². The molecule has 2 N–H and O–H groups in total. The fourth-order valence-electron chi connectivity index (χ4n) is 2.95.